The second kappa shape index (κ2) is 8.18. The Kier molecular flexibility index (Phi) is 5.29. The normalized spacial score (nSPS) is 14.0. The molecule has 0 spiro atoms. The van der Waals surface area contributed by atoms with Crippen molar-refractivity contribution in [2.75, 3.05) is 43.0 Å². The molecule has 148 valence electrons. The standard InChI is InChI=1S/C22H22N4O3/c1-24(17-6-3-2-4-7-17)21(27)19-10-9-18(16-23-19)25-11-13-26(14-12-25)22(28)20-8-5-15-29-20/h2-10,15-16H,11-14H2,1H3. The topological polar surface area (TPSA) is 69.9 Å². The fraction of sp³-hybridized carbons (Fsp3) is 0.227. The Balaban J connectivity index is 1.37. The highest BCUT2D eigenvalue weighted by Crippen LogP contribution is 2.19. The Bertz CT molecular complexity index is 963. The van der Waals surface area contributed by atoms with Gasteiger partial charge in [-0.1, -0.05) is 18.2 Å². The molecule has 0 radical (unpaired) electrons. The van der Waals surface area contributed by atoms with Crippen LogP contribution >= 0.6 is 0 Å². The van der Waals surface area contributed by atoms with E-state index < -0.39 is 0 Å². The van der Waals surface area contributed by atoms with Crippen molar-refractivity contribution in [3.63, 3.8) is 0 Å². The minimum atomic E-state index is -0.156. The maximum absolute atomic E-state index is 12.7. The van der Waals surface area contributed by atoms with Crippen LogP contribution in [0.5, 0.6) is 0 Å². The maximum Gasteiger partial charge on any atom is 0.289 e. The van der Waals surface area contributed by atoms with E-state index in [9.17, 15) is 9.59 Å². The number of furan rings is 1. The monoisotopic (exact) mass is 390 g/mol. The summed E-state index contributed by atoms with van der Waals surface area (Å²) in [6.45, 7) is 2.62. The molecule has 2 aromatic heterocycles. The molecule has 7 heteroatoms. The molecule has 3 heterocycles. The van der Waals surface area contributed by atoms with Crippen LogP contribution in [-0.4, -0.2) is 54.9 Å². The number of anilines is 2. The van der Waals surface area contributed by atoms with E-state index in [1.165, 1.54) is 6.26 Å². The van der Waals surface area contributed by atoms with Crippen molar-refractivity contribution in [2.45, 2.75) is 0 Å². The van der Waals surface area contributed by atoms with Gasteiger partial charge in [0.15, 0.2) is 5.76 Å². The summed E-state index contributed by atoms with van der Waals surface area (Å²) in [6.07, 6.45) is 3.23. The minimum absolute atomic E-state index is 0.0855. The van der Waals surface area contributed by atoms with Crippen LogP contribution in [-0.2, 0) is 0 Å². The summed E-state index contributed by atoms with van der Waals surface area (Å²) in [5, 5.41) is 0. The van der Waals surface area contributed by atoms with E-state index in [0.717, 1.165) is 11.4 Å². The molecular formula is C22H22N4O3. The quantitative estimate of drug-likeness (QED) is 0.685. The number of nitrogens with zero attached hydrogens (tertiary/aromatic N) is 4. The lowest BCUT2D eigenvalue weighted by Gasteiger charge is -2.35. The summed E-state index contributed by atoms with van der Waals surface area (Å²) < 4.78 is 5.20. The van der Waals surface area contributed by atoms with Crippen molar-refractivity contribution in [1.82, 2.24) is 9.88 Å². The van der Waals surface area contributed by atoms with Crippen molar-refractivity contribution in [3.8, 4) is 0 Å². The molecule has 29 heavy (non-hydrogen) atoms. The fourth-order valence-electron chi connectivity index (χ4n) is 3.36. The van der Waals surface area contributed by atoms with Gasteiger partial charge < -0.3 is 19.1 Å². The lowest BCUT2D eigenvalue weighted by Crippen LogP contribution is -2.48. The van der Waals surface area contributed by atoms with Crippen molar-refractivity contribution >= 4 is 23.2 Å². The number of aromatic nitrogens is 1. The van der Waals surface area contributed by atoms with Crippen LogP contribution in [0, 0.1) is 0 Å². The van der Waals surface area contributed by atoms with Gasteiger partial charge in [0.1, 0.15) is 5.69 Å². The molecule has 1 aliphatic rings. The Morgan fingerprint density at radius 3 is 2.34 bits per heavy atom. The van der Waals surface area contributed by atoms with Crippen molar-refractivity contribution in [2.24, 2.45) is 0 Å². The predicted molar refractivity (Wildman–Crippen MR) is 110 cm³/mol. The van der Waals surface area contributed by atoms with Gasteiger partial charge in [-0.2, -0.15) is 0 Å². The van der Waals surface area contributed by atoms with Gasteiger partial charge in [0.2, 0.25) is 0 Å². The van der Waals surface area contributed by atoms with E-state index in [0.29, 0.717) is 37.6 Å². The number of para-hydroxylation sites is 1. The van der Waals surface area contributed by atoms with Crippen LogP contribution in [0.4, 0.5) is 11.4 Å². The highest BCUT2D eigenvalue weighted by molar-refractivity contribution is 6.04. The molecule has 1 aliphatic heterocycles. The molecule has 2 amide bonds. The molecule has 4 rings (SSSR count). The summed E-state index contributed by atoms with van der Waals surface area (Å²) >= 11 is 0. The molecule has 0 atom stereocenters. The second-order valence-electron chi connectivity index (χ2n) is 6.86. The highest BCUT2D eigenvalue weighted by atomic mass is 16.3. The first-order valence-corrected chi connectivity index (χ1v) is 9.50. The van der Waals surface area contributed by atoms with Crippen molar-refractivity contribution in [3.05, 3.63) is 78.5 Å². The third-order valence-electron chi connectivity index (χ3n) is 5.08. The number of rotatable bonds is 4. The molecule has 0 saturated carbocycles. The average molecular weight is 390 g/mol. The highest BCUT2D eigenvalue weighted by Gasteiger charge is 2.24. The average Bonchev–Trinajstić information content (AvgIpc) is 3.33. The molecular weight excluding hydrogens is 368 g/mol. The van der Waals surface area contributed by atoms with Gasteiger partial charge in [0.05, 0.1) is 18.1 Å². The fourth-order valence-corrected chi connectivity index (χ4v) is 3.36. The van der Waals surface area contributed by atoms with Gasteiger partial charge in [-0.05, 0) is 36.4 Å². The zero-order chi connectivity index (χ0) is 20.2. The predicted octanol–water partition coefficient (Wildman–Crippen LogP) is 2.91. The molecule has 7 nitrogen and oxygen atoms in total. The number of carbonyl (C=O) groups excluding carboxylic acids is 2. The van der Waals surface area contributed by atoms with Gasteiger partial charge in [-0.25, -0.2) is 4.98 Å². The number of benzene rings is 1. The van der Waals surface area contributed by atoms with Crippen LogP contribution in [0.25, 0.3) is 0 Å². The Labute approximate surface area is 169 Å². The number of hydrogen-bond acceptors (Lipinski definition) is 5. The SMILES string of the molecule is CN(C(=O)c1ccc(N2CCN(C(=O)c3ccco3)CC2)cn1)c1ccccc1. The third kappa shape index (κ3) is 3.99. The first-order valence-electron chi connectivity index (χ1n) is 9.50. The van der Waals surface area contributed by atoms with Crippen molar-refractivity contribution in [1.29, 1.82) is 0 Å². The molecule has 0 bridgehead atoms. The first kappa shape index (κ1) is 18.7. The Hall–Kier alpha value is -3.61. The van der Waals surface area contributed by atoms with Gasteiger partial charge in [0.25, 0.3) is 11.8 Å². The van der Waals surface area contributed by atoms with E-state index in [-0.39, 0.29) is 11.8 Å². The Morgan fingerprint density at radius 1 is 0.966 bits per heavy atom. The largest absolute Gasteiger partial charge is 0.459 e. The maximum atomic E-state index is 12.7. The van der Waals surface area contributed by atoms with E-state index in [1.807, 2.05) is 36.4 Å². The van der Waals surface area contributed by atoms with E-state index in [4.69, 9.17) is 4.42 Å². The van der Waals surface area contributed by atoms with Crippen LogP contribution in [0.2, 0.25) is 0 Å². The van der Waals surface area contributed by atoms with Gasteiger partial charge in [-0.15, -0.1) is 0 Å². The van der Waals surface area contributed by atoms with Crippen LogP contribution in [0.15, 0.2) is 71.5 Å². The van der Waals surface area contributed by atoms with Crippen LogP contribution in [0.1, 0.15) is 21.0 Å². The molecule has 1 aromatic carbocycles. The summed E-state index contributed by atoms with van der Waals surface area (Å²) in [4.78, 5) is 34.9. The molecule has 1 fully saturated rings. The van der Waals surface area contributed by atoms with E-state index in [2.05, 4.69) is 9.88 Å². The summed E-state index contributed by atoms with van der Waals surface area (Å²) in [5.74, 6) is 0.125. The second-order valence-corrected chi connectivity index (χ2v) is 6.86. The van der Waals surface area contributed by atoms with E-state index in [1.54, 1.807) is 41.2 Å². The summed E-state index contributed by atoms with van der Waals surface area (Å²) in [5.41, 5.74) is 2.15. The molecule has 0 unspecified atom stereocenters. The smallest absolute Gasteiger partial charge is 0.289 e. The first-order chi connectivity index (χ1) is 14.1. The molecule has 3 aromatic rings. The number of amides is 2. The van der Waals surface area contributed by atoms with Gasteiger partial charge in [-0.3, -0.25) is 9.59 Å². The lowest BCUT2D eigenvalue weighted by molar-refractivity contribution is 0.0714. The zero-order valence-electron chi connectivity index (χ0n) is 16.2. The number of carbonyl (C=O) groups is 2. The molecule has 0 aliphatic carbocycles. The zero-order valence-corrected chi connectivity index (χ0v) is 16.2. The lowest BCUT2D eigenvalue weighted by atomic mass is 10.2. The Morgan fingerprint density at radius 2 is 1.72 bits per heavy atom. The van der Waals surface area contributed by atoms with Crippen LogP contribution in [0.3, 0.4) is 0 Å². The number of pyridine rings is 1. The number of hydrogen-bond donors (Lipinski definition) is 0. The number of piperazine rings is 1. The van der Waals surface area contributed by atoms with Gasteiger partial charge >= 0.3 is 0 Å². The molecule has 1 saturated heterocycles. The summed E-state index contributed by atoms with van der Waals surface area (Å²) in [6, 6.07) is 16.5. The van der Waals surface area contributed by atoms with Crippen molar-refractivity contribution < 1.29 is 14.0 Å². The van der Waals surface area contributed by atoms with Crippen LogP contribution < -0.4 is 9.80 Å². The summed E-state index contributed by atoms with van der Waals surface area (Å²) in [7, 11) is 1.74. The van der Waals surface area contributed by atoms with Gasteiger partial charge in [0, 0.05) is 38.9 Å². The van der Waals surface area contributed by atoms with E-state index >= 15 is 0 Å². The molecule has 0 N–H and O–H groups in total. The minimum Gasteiger partial charge on any atom is -0.459 e. The third-order valence-corrected chi connectivity index (χ3v) is 5.08.